The lowest BCUT2D eigenvalue weighted by Gasteiger charge is -2.37. The Labute approximate surface area is 156 Å². The fraction of sp³-hybridized carbons (Fsp3) is 0.471. The molecule has 2 amide bonds. The van der Waals surface area contributed by atoms with Crippen molar-refractivity contribution in [2.45, 2.75) is 19.4 Å². The molecule has 10 nitrogen and oxygen atoms in total. The molecule has 0 bridgehead atoms. The van der Waals surface area contributed by atoms with Gasteiger partial charge in [0.05, 0.1) is 18.2 Å². The number of carbonyl (C=O) groups excluding carboxylic acids is 2. The number of aryl methyl sites for hydroxylation is 1. The predicted molar refractivity (Wildman–Crippen MR) is 98.2 cm³/mol. The molecule has 0 aliphatic carbocycles. The van der Waals surface area contributed by atoms with Gasteiger partial charge in [0, 0.05) is 64.5 Å². The van der Waals surface area contributed by atoms with Gasteiger partial charge in [0.25, 0.3) is 5.56 Å². The average molecular weight is 373 g/mol. The lowest BCUT2D eigenvalue weighted by Crippen LogP contribution is -2.55. The Morgan fingerprint density at radius 3 is 2.59 bits per heavy atom. The summed E-state index contributed by atoms with van der Waals surface area (Å²) in [7, 11) is 1.60. The van der Waals surface area contributed by atoms with Gasteiger partial charge in [0.1, 0.15) is 6.04 Å². The third kappa shape index (κ3) is 4.52. The smallest absolute Gasteiger partial charge is 0.268 e. The molecule has 144 valence electrons. The molecule has 0 radical (unpaired) electrons. The number of carbonyl (C=O) groups is 2. The van der Waals surface area contributed by atoms with E-state index in [4.69, 9.17) is 0 Å². The molecule has 2 aromatic heterocycles. The van der Waals surface area contributed by atoms with Gasteiger partial charge >= 0.3 is 0 Å². The number of aromatic nitrogens is 4. The van der Waals surface area contributed by atoms with Gasteiger partial charge in [-0.15, -0.1) is 0 Å². The summed E-state index contributed by atoms with van der Waals surface area (Å²) in [6, 6.07) is 0.906. The van der Waals surface area contributed by atoms with Gasteiger partial charge in [0.2, 0.25) is 11.8 Å². The Hall–Kier alpha value is -3.17. The van der Waals surface area contributed by atoms with Gasteiger partial charge in [-0.25, -0.2) is 9.67 Å². The normalized spacial score (nSPS) is 15.5. The van der Waals surface area contributed by atoms with Crippen molar-refractivity contribution in [3.63, 3.8) is 0 Å². The van der Waals surface area contributed by atoms with E-state index in [1.54, 1.807) is 36.7 Å². The number of hydrogen-bond acceptors (Lipinski definition) is 6. The highest BCUT2D eigenvalue weighted by Gasteiger charge is 2.28. The molecule has 2 N–H and O–H groups in total. The van der Waals surface area contributed by atoms with Crippen molar-refractivity contribution < 1.29 is 9.59 Å². The van der Waals surface area contributed by atoms with Crippen LogP contribution >= 0.6 is 0 Å². The second kappa shape index (κ2) is 8.02. The summed E-state index contributed by atoms with van der Waals surface area (Å²) >= 11 is 0. The first-order valence-electron chi connectivity index (χ1n) is 8.75. The highest BCUT2D eigenvalue weighted by Crippen LogP contribution is 2.14. The number of nitrogens with zero attached hydrogens (tertiary/aromatic N) is 5. The summed E-state index contributed by atoms with van der Waals surface area (Å²) < 4.78 is 1.27. The molecule has 10 heteroatoms. The summed E-state index contributed by atoms with van der Waals surface area (Å²) in [6.45, 7) is 3.60. The van der Waals surface area contributed by atoms with Gasteiger partial charge in [-0.05, 0) is 0 Å². The first kappa shape index (κ1) is 18.6. The lowest BCUT2D eigenvalue weighted by atomic mass is 10.1. The van der Waals surface area contributed by atoms with Gasteiger partial charge in [-0.1, -0.05) is 0 Å². The van der Waals surface area contributed by atoms with Crippen LogP contribution in [0.4, 0.5) is 5.69 Å². The number of amides is 2. The quantitative estimate of drug-likeness (QED) is 0.687. The molecular formula is C17H23N7O3. The molecule has 27 heavy (non-hydrogen) atoms. The van der Waals surface area contributed by atoms with E-state index < -0.39 is 6.04 Å². The zero-order chi connectivity index (χ0) is 19.4. The maximum Gasteiger partial charge on any atom is 0.268 e. The van der Waals surface area contributed by atoms with Crippen LogP contribution < -0.4 is 15.8 Å². The molecule has 1 aliphatic heterocycles. The SMILES string of the molecule is CC(=O)N[C@@H](Cc1cnc[nH]1)C(=O)N1CCN(c2cnn(C)c(=O)c2)CC1. The van der Waals surface area contributed by atoms with E-state index in [-0.39, 0.29) is 17.4 Å². The number of aromatic amines is 1. The minimum atomic E-state index is -0.639. The summed E-state index contributed by atoms with van der Waals surface area (Å²) in [5, 5.41) is 6.76. The van der Waals surface area contributed by atoms with Crippen molar-refractivity contribution in [3.8, 4) is 0 Å². The van der Waals surface area contributed by atoms with Crippen LogP contribution in [-0.2, 0) is 23.1 Å². The number of anilines is 1. The Morgan fingerprint density at radius 1 is 1.26 bits per heavy atom. The van der Waals surface area contributed by atoms with E-state index in [0.29, 0.717) is 32.6 Å². The van der Waals surface area contributed by atoms with Crippen LogP contribution in [0.1, 0.15) is 12.6 Å². The van der Waals surface area contributed by atoms with E-state index in [1.807, 2.05) is 4.90 Å². The number of rotatable bonds is 5. The molecule has 0 saturated carbocycles. The van der Waals surface area contributed by atoms with Crippen molar-refractivity contribution >= 4 is 17.5 Å². The summed E-state index contributed by atoms with van der Waals surface area (Å²) in [6.07, 6.45) is 5.19. The molecule has 1 aliphatic rings. The monoisotopic (exact) mass is 373 g/mol. The minimum absolute atomic E-state index is 0.124. The molecule has 1 fully saturated rings. The van der Waals surface area contributed by atoms with Crippen LogP contribution in [0, 0.1) is 0 Å². The van der Waals surface area contributed by atoms with E-state index in [1.165, 1.54) is 11.6 Å². The highest BCUT2D eigenvalue weighted by atomic mass is 16.2. The van der Waals surface area contributed by atoms with E-state index in [9.17, 15) is 14.4 Å². The van der Waals surface area contributed by atoms with Gasteiger partial charge < -0.3 is 20.1 Å². The zero-order valence-corrected chi connectivity index (χ0v) is 15.4. The van der Waals surface area contributed by atoms with Crippen molar-refractivity contribution in [2.75, 3.05) is 31.1 Å². The van der Waals surface area contributed by atoms with Crippen LogP contribution in [0.2, 0.25) is 0 Å². The third-order valence-electron chi connectivity index (χ3n) is 4.56. The number of H-pyrrole nitrogens is 1. The second-order valence-electron chi connectivity index (χ2n) is 6.52. The van der Waals surface area contributed by atoms with Crippen LogP contribution in [0.3, 0.4) is 0 Å². The third-order valence-corrected chi connectivity index (χ3v) is 4.56. The Bertz CT molecular complexity index is 854. The fourth-order valence-electron chi connectivity index (χ4n) is 3.10. The van der Waals surface area contributed by atoms with Crippen LogP contribution in [0.15, 0.2) is 29.6 Å². The first-order valence-corrected chi connectivity index (χ1v) is 8.75. The van der Waals surface area contributed by atoms with Crippen LogP contribution in [0.5, 0.6) is 0 Å². The molecule has 3 rings (SSSR count). The minimum Gasteiger partial charge on any atom is -0.367 e. The van der Waals surface area contributed by atoms with Gasteiger partial charge in [-0.3, -0.25) is 14.4 Å². The Balaban J connectivity index is 1.63. The summed E-state index contributed by atoms with van der Waals surface area (Å²) in [5.41, 5.74) is 1.37. The van der Waals surface area contributed by atoms with E-state index in [2.05, 4.69) is 20.4 Å². The first-order chi connectivity index (χ1) is 12.9. The Morgan fingerprint density at radius 2 is 2.00 bits per heavy atom. The van der Waals surface area contributed by atoms with Crippen molar-refractivity contribution in [1.29, 1.82) is 0 Å². The number of nitrogens with one attached hydrogen (secondary N) is 2. The number of imidazole rings is 1. The van der Waals surface area contributed by atoms with Crippen LogP contribution in [-0.4, -0.2) is 68.7 Å². The number of piperazine rings is 1. The average Bonchev–Trinajstić information content (AvgIpc) is 3.16. The second-order valence-corrected chi connectivity index (χ2v) is 6.52. The molecule has 1 saturated heterocycles. The van der Waals surface area contributed by atoms with E-state index >= 15 is 0 Å². The van der Waals surface area contributed by atoms with Gasteiger partial charge in [-0.2, -0.15) is 5.10 Å². The highest BCUT2D eigenvalue weighted by molar-refractivity contribution is 5.87. The molecule has 3 heterocycles. The lowest BCUT2D eigenvalue weighted by molar-refractivity contribution is -0.136. The predicted octanol–water partition coefficient (Wildman–Crippen LogP) is -1.10. The Kier molecular flexibility index (Phi) is 5.53. The fourth-order valence-corrected chi connectivity index (χ4v) is 3.10. The standard InChI is InChI=1S/C17H23N7O3/c1-12(25)21-15(7-13-9-18-11-19-13)17(27)24-5-3-23(4-6-24)14-8-16(26)22(2)20-10-14/h8-11,15H,3-7H2,1-2H3,(H,18,19)(H,21,25)/t15-/m0/s1. The number of hydrogen-bond donors (Lipinski definition) is 2. The topological polar surface area (TPSA) is 116 Å². The maximum atomic E-state index is 12.9. The van der Waals surface area contributed by atoms with E-state index in [0.717, 1.165) is 11.4 Å². The van der Waals surface area contributed by atoms with Crippen molar-refractivity contribution in [2.24, 2.45) is 7.05 Å². The molecule has 0 unspecified atom stereocenters. The zero-order valence-electron chi connectivity index (χ0n) is 15.4. The summed E-state index contributed by atoms with van der Waals surface area (Å²) in [5.74, 6) is -0.376. The molecule has 1 atom stereocenters. The maximum absolute atomic E-state index is 12.9. The summed E-state index contributed by atoms with van der Waals surface area (Å²) in [4.78, 5) is 46.8. The largest absolute Gasteiger partial charge is 0.367 e. The molecule has 2 aromatic rings. The van der Waals surface area contributed by atoms with Gasteiger partial charge in [0.15, 0.2) is 0 Å². The molecule has 0 spiro atoms. The van der Waals surface area contributed by atoms with Crippen LogP contribution in [0.25, 0.3) is 0 Å². The molecule has 0 aromatic carbocycles. The molecular weight excluding hydrogens is 350 g/mol. The van der Waals surface area contributed by atoms with Crippen molar-refractivity contribution in [1.82, 2.24) is 30.0 Å². The van der Waals surface area contributed by atoms with Crippen molar-refractivity contribution in [3.05, 3.63) is 40.8 Å².